The van der Waals surface area contributed by atoms with Gasteiger partial charge in [-0.05, 0) is 42.5 Å². The second kappa shape index (κ2) is 7.54. The van der Waals surface area contributed by atoms with Crippen LogP contribution in [0.3, 0.4) is 0 Å². The maximum atomic E-state index is 12.8. The van der Waals surface area contributed by atoms with Crippen LogP contribution in [0, 0.1) is 0 Å². The lowest BCUT2D eigenvalue weighted by atomic mass is 9.98. The largest absolute Gasteiger partial charge is 0.507 e. The van der Waals surface area contributed by atoms with E-state index in [2.05, 4.69) is 20.5 Å². The molecule has 0 bridgehead atoms. The standard InChI is InChI=1S/C21H23N5O3/c1-12(2)15-9-16(17(27)10-18(15)29-3)19-24-25-20(21(28)23-13-6-7-13)26(19)14-5-4-8-22-11-14/h4-5,8-13,27H,6-7H2,1-3H3,(H,23,28). The number of benzene rings is 1. The van der Waals surface area contributed by atoms with Crippen molar-refractivity contribution in [2.24, 2.45) is 0 Å². The van der Waals surface area contributed by atoms with E-state index < -0.39 is 0 Å². The Morgan fingerprint density at radius 2 is 2.10 bits per heavy atom. The van der Waals surface area contributed by atoms with Crippen molar-refractivity contribution in [2.45, 2.75) is 38.6 Å². The van der Waals surface area contributed by atoms with Gasteiger partial charge in [0.05, 0.1) is 24.6 Å². The molecule has 2 N–H and O–H groups in total. The Kier molecular flexibility index (Phi) is 4.92. The van der Waals surface area contributed by atoms with E-state index in [-0.39, 0.29) is 29.4 Å². The van der Waals surface area contributed by atoms with E-state index in [0.717, 1.165) is 18.4 Å². The van der Waals surface area contributed by atoms with Gasteiger partial charge in [0.2, 0.25) is 5.82 Å². The zero-order chi connectivity index (χ0) is 20.5. The molecule has 2 aromatic heterocycles. The number of phenols is 1. The highest BCUT2D eigenvalue weighted by Crippen LogP contribution is 2.38. The summed E-state index contributed by atoms with van der Waals surface area (Å²) in [6.07, 6.45) is 5.22. The van der Waals surface area contributed by atoms with E-state index in [4.69, 9.17) is 4.74 Å². The fourth-order valence-corrected chi connectivity index (χ4v) is 3.21. The van der Waals surface area contributed by atoms with E-state index >= 15 is 0 Å². The molecule has 1 fully saturated rings. The van der Waals surface area contributed by atoms with Gasteiger partial charge in [-0.25, -0.2) is 0 Å². The number of ether oxygens (including phenoxy) is 1. The summed E-state index contributed by atoms with van der Waals surface area (Å²) in [7, 11) is 1.57. The molecule has 2 heterocycles. The minimum Gasteiger partial charge on any atom is -0.507 e. The molecule has 0 saturated heterocycles. The lowest BCUT2D eigenvalue weighted by molar-refractivity contribution is 0.0938. The summed E-state index contributed by atoms with van der Waals surface area (Å²) in [5.74, 6) is 0.976. The zero-order valence-electron chi connectivity index (χ0n) is 16.6. The van der Waals surface area contributed by atoms with Gasteiger partial charge >= 0.3 is 0 Å². The summed E-state index contributed by atoms with van der Waals surface area (Å²) in [5, 5.41) is 22.0. The van der Waals surface area contributed by atoms with Crippen LogP contribution in [0.25, 0.3) is 17.1 Å². The first-order valence-electron chi connectivity index (χ1n) is 9.57. The molecule has 0 radical (unpaired) electrons. The molecule has 3 aromatic rings. The maximum Gasteiger partial charge on any atom is 0.289 e. The molecule has 150 valence electrons. The Hall–Kier alpha value is -3.42. The van der Waals surface area contributed by atoms with Gasteiger partial charge in [-0.15, -0.1) is 10.2 Å². The predicted octanol–water partition coefficient (Wildman–Crippen LogP) is 3.06. The fourth-order valence-electron chi connectivity index (χ4n) is 3.21. The number of aromatic nitrogens is 4. The summed E-state index contributed by atoms with van der Waals surface area (Å²) in [6, 6.07) is 7.18. The van der Waals surface area contributed by atoms with Gasteiger partial charge in [0, 0.05) is 18.3 Å². The third-order valence-corrected chi connectivity index (χ3v) is 4.89. The Morgan fingerprint density at radius 1 is 1.31 bits per heavy atom. The van der Waals surface area contributed by atoms with Crippen molar-refractivity contribution >= 4 is 5.91 Å². The van der Waals surface area contributed by atoms with E-state index in [0.29, 0.717) is 22.8 Å². The molecule has 1 amide bonds. The first-order chi connectivity index (χ1) is 14.0. The van der Waals surface area contributed by atoms with Crippen molar-refractivity contribution in [1.82, 2.24) is 25.1 Å². The number of aromatic hydroxyl groups is 1. The quantitative estimate of drug-likeness (QED) is 0.667. The molecular formula is C21H23N5O3. The molecule has 1 aliphatic rings. The number of hydrogen-bond donors (Lipinski definition) is 2. The number of methoxy groups -OCH3 is 1. The number of pyridine rings is 1. The van der Waals surface area contributed by atoms with Crippen LogP contribution in [-0.4, -0.2) is 43.9 Å². The Morgan fingerprint density at radius 3 is 2.72 bits per heavy atom. The SMILES string of the molecule is COc1cc(O)c(-c2nnc(C(=O)NC3CC3)n2-c2cccnc2)cc1C(C)C. The number of nitrogens with one attached hydrogen (secondary N) is 1. The van der Waals surface area contributed by atoms with Crippen molar-refractivity contribution in [3.8, 4) is 28.6 Å². The molecule has 1 saturated carbocycles. The number of hydrogen-bond acceptors (Lipinski definition) is 6. The summed E-state index contributed by atoms with van der Waals surface area (Å²) in [5.41, 5.74) is 2.02. The van der Waals surface area contributed by atoms with Crippen LogP contribution in [0.4, 0.5) is 0 Å². The van der Waals surface area contributed by atoms with Crippen LogP contribution < -0.4 is 10.1 Å². The van der Waals surface area contributed by atoms with Gasteiger partial charge in [0.25, 0.3) is 5.91 Å². The van der Waals surface area contributed by atoms with Gasteiger partial charge < -0.3 is 15.2 Å². The first-order valence-corrected chi connectivity index (χ1v) is 9.57. The number of carbonyl (C=O) groups excluding carboxylic acids is 1. The lowest BCUT2D eigenvalue weighted by Gasteiger charge is -2.16. The highest BCUT2D eigenvalue weighted by atomic mass is 16.5. The zero-order valence-corrected chi connectivity index (χ0v) is 16.6. The van der Waals surface area contributed by atoms with Crippen LogP contribution in [0.1, 0.15) is 48.8 Å². The third kappa shape index (κ3) is 3.65. The van der Waals surface area contributed by atoms with Gasteiger partial charge in [0.1, 0.15) is 11.5 Å². The Balaban J connectivity index is 1.89. The molecule has 0 spiro atoms. The molecule has 0 unspecified atom stereocenters. The molecule has 8 heteroatoms. The second-order valence-corrected chi connectivity index (χ2v) is 7.41. The summed E-state index contributed by atoms with van der Waals surface area (Å²) < 4.78 is 7.03. The van der Waals surface area contributed by atoms with Crippen molar-refractivity contribution in [3.05, 3.63) is 48.0 Å². The van der Waals surface area contributed by atoms with E-state index in [1.54, 1.807) is 36.2 Å². The van der Waals surface area contributed by atoms with E-state index in [9.17, 15) is 9.90 Å². The highest BCUT2D eigenvalue weighted by Gasteiger charge is 2.29. The average Bonchev–Trinajstić information content (AvgIpc) is 3.42. The topological polar surface area (TPSA) is 102 Å². The summed E-state index contributed by atoms with van der Waals surface area (Å²) >= 11 is 0. The van der Waals surface area contributed by atoms with Crippen LogP contribution in [-0.2, 0) is 0 Å². The van der Waals surface area contributed by atoms with Gasteiger partial charge in [-0.3, -0.25) is 14.3 Å². The van der Waals surface area contributed by atoms with Crippen LogP contribution >= 0.6 is 0 Å². The minimum atomic E-state index is -0.299. The van der Waals surface area contributed by atoms with Crippen LogP contribution in [0.5, 0.6) is 11.5 Å². The van der Waals surface area contributed by atoms with Gasteiger partial charge in [-0.2, -0.15) is 0 Å². The van der Waals surface area contributed by atoms with Crippen LogP contribution in [0.15, 0.2) is 36.7 Å². The van der Waals surface area contributed by atoms with E-state index in [1.807, 2.05) is 26.0 Å². The van der Waals surface area contributed by atoms with E-state index in [1.165, 1.54) is 0 Å². The molecule has 1 aromatic carbocycles. The molecule has 8 nitrogen and oxygen atoms in total. The molecule has 4 rings (SSSR count). The predicted molar refractivity (Wildman–Crippen MR) is 107 cm³/mol. The van der Waals surface area contributed by atoms with Crippen molar-refractivity contribution < 1.29 is 14.6 Å². The minimum absolute atomic E-state index is 0.00191. The maximum absolute atomic E-state index is 12.8. The molecule has 1 aliphatic carbocycles. The summed E-state index contributed by atoms with van der Waals surface area (Å²) in [4.78, 5) is 16.9. The Bertz CT molecular complexity index is 1040. The number of amides is 1. The monoisotopic (exact) mass is 393 g/mol. The smallest absolute Gasteiger partial charge is 0.289 e. The van der Waals surface area contributed by atoms with Crippen LogP contribution in [0.2, 0.25) is 0 Å². The number of rotatable bonds is 6. The molecule has 29 heavy (non-hydrogen) atoms. The van der Waals surface area contributed by atoms with Gasteiger partial charge in [0.15, 0.2) is 5.82 Å². The normalized spacial score (nSPS) is 13.5. The highest BCUT2D eigenvalue weighted by molar-refractivity contribution is 5.92. The van der Waals surface area contributed by atoms with Crippen molar-refractivity contribution in [2.75, 3.05) is 7.11 Å². The summed E-state index contributed by atoms with van der Waals surface area (Å²) in [6.45, 7) is 4.08. The second-order valence-electron chi connectivity index (χ2n) is 7.41. The molecular weight excluding hydrogens is 370 g/mol. The molecule has 0 atom stereocenters. The number of carbonyl (C=O) groups is 1. The van der Waals surface area contributed by atoms with Crippen molar-refractivity contribution in [3.63, 3.8) is 0 Å². The number of nitrogens with zero attached hydrogens (tertiary/aromatic N) is 4. The van der Waals surface area contributed by atoms with Gasteiger partial charge in [-0.1, -0.05) is 13.8 Å². The fraction of sp³-hybridized carbons (Fsp3) is 0.333. The molecule has 0 aliphatic heterocycles. The van der Waals surface area contributed by atoms with Crippen molar-refractivity contribution in [1.29, 1.82) is 0 Å². The average molecular weight is 393 g/mol. The first kappa shape index (κ1) is 18.9. The number of phenolic OH excluding ortho intramolecular Hbond substituents is 1. The lowest BCUT2D eigenvalue weighted by Crippen LogP contribution is -2.28. The third-order valence-electron chi connectivity index (χ3n) is 4.89. The Labute approximate surface area is 168 Å².